The van der Waals surface area contributed by atoms with Gasteiger partial charge < -0.3 is 11.5 Å². The van der Waals surface area contributed by atoms with Crippen LogP contribution < -0.4 is 11.5 Å². The van der Waals surface area contributed by atoms with Gasteiger partial charge in [-0.15, -0.1) is 0 Å². The molecule has 6 N–H and O–H groups in total. The molecule has 0 radical (unpaired) electrons. The molecule has 0 aromatic rings. The molecule has 104 valence electrons. The second kappa shape index (κ2) is 6.47. The summed E-state index contributed by atoms with van der Waals surface area (Å²) in [5.74, 6) is 0.0295. The summed E-state index contributed by atoms with van der Waals surface area (Å²) in [6.45, 7) is 7.71. The lowest BCUT2D eigenvalue weighted by atomic mass is 9.91. The van der Waals surface area contributed by atoms with Crippen LogP contribution in [0.5, 0.6) is 0 Å². The minimum Gasteiger partial charge on any atom is -0.386 e. The van der Waals surface area contributed by atoms with Crippen LogP contribution in [0.2, 0.25) is 0 Å². The van der Waals surface area contributed by atoms with Crippen LogP contribution in [0.1, 0.15) is 53.4 Å². The quantitative estimate of drug-likeness (QED) is 0.302. The van der Waals surface area contributed by atoms with Crippen LogP contribution in [-0.2, 0) is 0 Å². The van der Waals surface area contributed by atoms with Crippen molar-refractivity contribution in [2.75, 3.05) is 0 Å². The second-order valence-corrected chi connectivity index (χ2v) is 4.50. The zero-order valence-corrected chi connectivity index (χ0v) is 11.9. The molecule has 18 heavy (non-hydrogen) atoms. The molecule has 0 atom stereocenters. The average molecular weight is 254 g/mol. The van der Waals surface area contributed by atoms with Gasteiger partial charge in [0.15, 0.2) is 0 Å². The SMILES string of the molecule is CCC(CC)(N=NC(CC)(CC)C(=N)N)C(=N)N. The van der Waals surface area contributed by atoms with Gasteiger partial charge >= 0.3 is 0 Å². The number of amidine groups is 2. The number of nitrogens with zero attached hydrogens (tertiary/aromatic N) is 2. The largest absolute Gasteiger partial charge is 0.386 e. The number of hydrogen-bond acceptors (Lipinski definition) is 4. The summed E-state index contributed by atoms with van der Waals surface area (Å²) >= 11 is 0. The number of nitrogens with two attached hydrogens (primary N) is 2. The van der Waals surface area contributed by atoms with E-state index in [1.807, 2.05) is 27.7 Å². The molecule has 0 spiro atoms. The standard InChI is InChI=1S/C12H26N6/c1-5-11(6-2,9(13)14)17-18-12(7-3,8-4)10(15)16/h5-8H2,1-4H3,(H3,13,14)(H3,15,16). The number of azo groups is 1. The highest BCUT2D eigenvalue weighted by molar-refractivity contribution is 5.88. The van der Waals surface area contributed by atoms with Crippen LogP contribution in [0.25, 0.3) is 0 Å². The molecule has 0 aliphatic carbocycles. The van der Waals surface area contributed by atoms with E-state index in [2.05, 4.69) is 10.2 Å². The second-order valence-electron chi connectivity index (χ2n) is 4.50. The highest BCUT2D eigenvalue weighted by atomic mass is 15.2. The first-order valence-corrected chi connectivity index (χ1v) is 6.47. The van der Waals surface area contributed by atoms with Gasteiger partial charge in [0.2, 0.25) is 0 Å². The number of nitrogens with one attached hydrogen (secondary N) is 2. The van der Waals surface area contributed by atoms with E-state index in [1.54, 1.807) is 0 Å². The highest BCUT2D eigenvalue weighted by Crippen LogP contribution is 2.26. The zero-order valence-electron chi connectivity index (χ0n) is 11.9. The van der Waals surface area contributed by atoms with Crippen LogP contribution in [0.3, 0.4) is 0 Å². The van der Waals surface area contributed by atoms with Crippen molar-refractivity contribution in [1.82, 2.24) is 0 Å². The minimum absolute atomic E-state index is 0.0147. The molecule has 0 saturated carbocycles. The predicted octanol–water partition coefficient (Wildman–Crippen LogP) is 2.43. The molecule has 6 heteroatoms. The maximum atomic E-state index is 7.67. The monoisotopic (exact) mass is 254 g/mol. The van der Waals surface area contributed by atoms with E-state index in [9.17, 15) is 0 Å². The Morgan fingerprint density at radius 1 is 0.778 bits per heavy atom. The van der Waals surface area contributed by atoms with Gasteiger partial charge in [0.1, 0.15) is 22.7 Å². The molecule has 0 amide bonds. The maximum absolute atomic E-state index is 7.67. The van der Waals surface area contributed by atoms with E-state index in [1.165, 1.54) is 0 Å². The Kier molecular flexibility index (Phi) is 5.94. The van der Waals surface area contributed by atoms with Gasteiger partial charge in [0.05, 0.1) is 0 Å². The molecule has 6 nitrogen and oxygen atoms in total. The van der Waals surface area contributed by atoms with Gasteiger partial charge in [-0.3, -0.25) is 10.8 Å². The van der Waals surface area contributed by atoms with Crippen molar-refractivity contribution in [2.24, 2.45) is 21.7 Å². The Labute approximate surface area is 109 Å². The zero-order chi connectivity index (χ0) is 14.4. The first kappa shape index (κ1) is 16.5. The molecule has 0 aliphatic rings. The first-order valence-electron chi connectivity index (χ1n) is 6.47. The Bertz CT molecular complexity index is 293. The van der Waals surface area contributed by atoms with Crippen molar-refractivity contribution in [3.8, 4) is 0 Å². The lowest BCUT2D eigenvalue weighted by Gasteiger charge is -2.29. The summed E-state index contributed by atoms with van der Waals surface area (Å²) in [5, 5.41) is 23.9. The van der Waals surface area contributed by atoms with Crippen LogP contribution in [0, 0.1) is 10.8 Å². The average Bonchev–Trinajstić information content (AvgIpc) is 2.35. The third kappa shape index (κ3) is 3.05. The first-order chi connectivity index (χ1) is 8.34. The topological polar surface area (TPSA) is 124 Å². The van der Waals surface area contributed by atoms with Crippen molar-refractivity contribution < 1.29 is 0 Å². The Balaban J connectivity index is 5.42. The molecule has 0 fully saturated rings. The van der Waals surface area contributed by atoms with Crippen LogP contribution >= 0.6 is 0 Å². The number of rotatable bonds is 8. The molecule has 0 bridgehead atoms. The predicted molar refractivity (Wildman–Crippen MR) is 75.3 cm³/mol. The molecule has 0 aromatic carbocycles. The van der Waals surface area contributed by atoms with Crippen LogP contribution in [-0.4, -0.2) is 22.7 Å². The van der Waals surface area contributed by atoms with Crippen molar-refractivity contribution in [2.45, 2.75) is 64.5 Å². The molecule has 0 rings (SSSR count). The Hall–Kier alpha value is -1.46. The third-order valence-corrected chi connectivity index (χ3v) is 3.78. The summed E-state index contributed by atoms with van der Waals surface area (Å²) in [6.07, 6.45) is 2.46. The summed E-state index contributed by atoms with van der Waals surface area (Å²) < 4.78 is 0. The summed E-state index contributed by atoms with van der Waals surface area (Å²) in [5.41, 5.74) is 9.73. The normalized spacial score (nSPS) is 12.9. The van der Waals surface area contributed by atoms with Gasteiger partial charge in [-0.1, -0.05) is 27.7 Å². The molecular formula is C12H26N6. The fraction of sp³-hybridized carbons (Fsp3) is 0.833. The minimum atomic E-state index is -0.759. The molecule has 0 unspecified atom stereocenters. The lowest BCUT2D eigenvalue weighted by molar-refractivity contribution is 0.430. The molecule has 0 aromatic heterocycles. The van der Waals surface area contributed by atoms with Crippen molar-refractivity contribution in [3.05, 3.63) is 0 Å². The van der Waals surface area contributed by atoms with E-state index < -0.39 is 11.1 Å². The van der Waals surface area contributed by atoms with E-state index in [4.69, 9.17) is 22.3 Å². The van der Waals surface area contributed by atoms with Gasteiger partial charge in [0, 0.05) is 0 Å². The van der Waals surface area contributed by atoms with Crippen LogP contribution in [0.4, 0.5) is 0 Å². The maximum Gasteiger partial charge on any atom is 0.137 e. The lowest BCUT2D eigenvalue weighted by Crippen LogP contribution is -2.44. The van der Waals surface area contributed by atoms with E-state index in [0.717, 1.165) is 0 Å². The van der Waals surface area contributed by atoms with Gasteiger partial charge in [-0.2, -0.15) is 10.2 Å². The highest BCUT2D eigenvalue weighted by Gasteiger charge is 2.34. The smallest absolute Gasteiger partial charge is 0.137 e. The van der Waals surface area contributed by atoms with E-state index in [-0.39, 0.29) is 11.7 Å². The van der Waals surface area contributed by atoms with Crippen LogP contribution in [0.15, 0.2) is 10.2 Å². The van der Waals surface area contributed by atoms with Gasteiger partial charge in [0.25, 0.3) is 0 Å². The number of hydrogen-bond donors (Lipinski definition) is 4. The fourth-order valence-electron chi connectivity index (χ4n) is 1.84. The molecule has 0 saturated heterocycles. The fourth-order valence-corrected chi connectivity index (χ4v) is 1.84. The third-order valence-electron chi connectivity index (χ3n) is 3.78. The van der Waals surface area contributed by atoms with E-state index >= 15 is 0 Å². The molecule has 0 aliphatic heterocycles. The molecular weight excluding hydrogens is 228 g/mol. The Morgan fingerprint density at radius 3 is 1.11 bits per heavy atom. The summed E-state index contributed by atoms with van der Waals surface area (Å²) in [7, 11) is 0. The van der Waals surface area contributed by atoms with Crippen molar-refractivity contribution in [3.63, 3.8) is 0 Å². The molecule has 0 heterocycles. The van der Waals surface area contributed by atoms with Gasteiger partial charge in [-0.25, -0.2) is 0 Å². The Morgan fingerprint density at radius 2 is 1.00 bits per heavy atom. The summed E-state index contributed by atoms with van der Waals surface area (Å²) in [4.78, 5) is 0. The summed E-state index contributed by atoms with van der Waals surface area (Å²) in [6, 6.07) is 0. The van der Waals surface area contributed by atoms with E-state index in [0.29, 0.717) is 25.7 Å². The van der Waals surface area contributed by atoms with Crippen molar-refractivity contribution >= 4 is 11.7 Å². The van der Waals surface area contributed by atoms with Crippen molar-refractivity contribution in [1.29, 1.82) is 10.8 Å². The van der Waals surface area contributed by atoms with Gasteiger partial charge in [-0.05, 0) is 25.7 Å².